The lowest BCUT2D eigenvalue weighted by Crippen LogP contribution is -2.12. The van der Waals surface area contributed by atoms with Crippen molar-refractivity contribution < 1.29 is 0 Å². The Hall–Kier alpha value is -5.93. The fraction of sp³-hybridized carbons (Fsp3) is 0.226. The highest BCUT2D eigenvalue weighted by Gasteiger charge is 2.15. The topological polar surface area (TPSA) is 19.4 Å². The van der Waals surface area contributed by atoms with Crippen molar-refractivity contribution in [3.63, 3.8) is 0 Å². The van der Waals surface area contributed by atoms with E-state index in [2.05, 4.69) is 136 Å². The highest BCUT2D eigenvalue weighted by molar-refractivity contribution is 5.80. The number of nitrogens with zero attached hydrogens (tertiary/aromatic N) is 3. The van der Waals surface area contributed by atoms with Crippen LogP contribution in [-0.2, 0) is 0 Å². The van der Waals surface area contributed by atoms with Gasteiger partial charge in [-0.05, 0) is 84.9 Å². The van der Waals surface area contributed by atoms with E-state index in [1.807, 2.05) is 148 Å². The molecule has 0 atom stereocenters. The Kier molecular flexibility index (Phi) is 37.7. The van der Waals surface area contributed by atoms with Crippen LogP contribution in [0.2, 0.25) is 0 Å². The van der Waals surface area contributed by atoms with Crippen molar-refractivity contribution in [2.75, 3.05) is 9.80 Å². The second kappa shape index (κ2) is 38.8. The molecule has 0 saturated heterocycles. The molecule has 7 rings (SSSR count). The van der Waals surface area contributed by atoms with E-state index in [9.17, 15) is 0 Å². The predicted octanol–water partition coefficient (Wildman–Crippen LogP) is 17.8. The standard InChI is InChI=1S/C30H24N2.C6H6.C5H5N.5C2H6.2CH4/c1-5-13-25(14-6-1)31(26-15-7-2-8-16-26)29-21-23-30(24-22-29)32(27-17-9-3-10-18-27)28-19-11-4-12-20-28;2*1-2-4-6-5-3-1;5*1-2;;/h1-24H;1-6H;1-5H;5*1-2H3;2*1H4. The minimum atomic E-state index is 0. The van der Waals surface area contributed by atoms with Gasteiger partial charge in [0, 0.05) is 46.5 Å². The minimum absolute atomic E-state index is 0. The van der Waals surface area contributed by atoms with Crippen LogP contribution in [0.1, 0.15) is 84.1 Å². The summed E-state index contributed by atoms with van der Waals surface area (Å²) >= 11 is 0. The zero-order valence-corrected chi connectivity index (χ0v) is 34.5. The molecule has 0 radical (unpaired) electrons. The molecule has 0 aliphatic rings. The van der Waals surface area contributed by atoms with E-state index in [0.717, 1.165) is 34.1 Å². The third kappa shape index (κ3) is 20.5. The van der Waals surface area contributed by atoms with Gasteiger partial charge in [-0.1, -0.05) is 199 Å². The lowest BCUT2D eigenvalue weighted by Gasteiger charge is -2.28. The monoisotopic (exact) mass is 752 g/mol. The molecule has 0 fully saturated rings. The maximum Gasteiger partial charge on any atom is 0.0463 e. The normalized spacial score (nSPS) is 8.25. The number of hydrogen-bond acceptors (Lipinski definition) is 3. The number of anilines is 6. The molecule has 0 aliphatic heterocycles. The number of aromatic nitrogens is 1. The van der Waals surface area contributed by atoms with Crippen LogP contribution in [0.25, 0.3) is 0 Å². The van der Waals surface area contributed by atoms with Crippen molar-refractivity contribution in [2.24, 2.45) is 0 Å². The van der Waals surface area contributed by atoms with Gasteiger partial charge < -0.3 is 9.80 Å². The molecule has 6 aromatic carbocycles. The molecule has 0 bridgehead atoms. The van der Waals surface area contributed by atoms with Crippen LogP contribution in [0.4, 0.5) is 34.1 Å². The average Bonchev–Trinajstić information content (AvgIpc) is 3.31. The van der Waals surface area contributed by atoms with Crippen LogP contribution in [-0.4, -0.2) is 4.98 Å². The summed E-state index contributed by atoms with van der Waals surface area (Å²) in [5, 5.41) is 0. The van der Waals surface area contributed by atoms with Gasteiger partial charge in [0.25, 0.3) is 0 Å². The third-order valence-electron chi connectivity index (χ3n) is 6.66. The average molecular weight is 752 g/mol. The molecule has 7 aromatic rings. The molecule has 0 amide bonds. The van der Waals surface area contributed by atoms with Gasteiger partial charge in [0.15, 0.2) is 0 Å². The number of para-hydroxylation sites is 4. The smallest absolute Gasteiger partial charge is 0.0463 e. The number of benzene rings is 6. The van der Waals surface area contributed by atoms with Crippen molar-refractivity contribution >= 4 is 34.1 Å². The van der Waals surface area contributed by atoms with Gasteiger partial charge in [-0.2, -0.15) is 0 Å². The predicted molar refractivity (Wildman–Crippen MR) is 257 cm³/mol. The van der Waals surface area contributed by atoms with Gasteiger partial charge in [0.05, 0.1) is 0 Å². The maximum absolute atomic E-state index is 3.78. The Labute approximate surface area is 344 Å². The summed E-state index contributed by atoms with van der Waals surface area (Å²) < 4.78 is 0. The van der Waals surface area contributed by atoms with Gasteiger partial charge in [-0.3, -0.25) is 4.98 Å². The molecular weight excluding hydrogens is 679 g/mol. The molecule has 0 N–H and O–H groups in total. The first-order valence-corrected chi connectivity index (χ1v) is 19.7. The molecule has 300 valence electrons. The Morgan fingerprint density at radius 2 is 0.393 bits per heavy atom. The van der Waals surface area contributed by atoms with Crippen molar-refractivity contribution in [3.8, 4) is 0 Å². The van der Waals surface area contributed by atoms with Gasteiger partial charge in [0.1, 0.15) is 0 Å². The highest BCUT2D eigenvalue weighted by Crippen LogP contribution is 2.38. The molecule has 1 heterocycles. The summed E-state index contributed by atoms with van der Waals surface area (Å²) in [6.07, 6.45) is 3.50. The van der Waals surface area contributed by atoms with E-state index in [1.165, 1.54) is 0 Å². The summed E-state index contributed by atoms with van der Waals surface area (Å²) in [6.45, 7) is 20.0. The van der Waals surface area contributed by atoms with Gasteiger partial charge in [-0.15, -0.1) is 0 Å². The van der Waals surface area contributed by atoms with E-state index < -0.39 is 0 Å². The van der Waals surface area contributed by atoms with Crippen molar-refractivity contribution in [2.45, 2.75) is 84.1 Å². The fourth-order valence-corrected chi connectivity index (χ4v) is 4.65. The number of rotatable bonds is 6. The lowest BCUT2D eigenvalue weighted by molar-refractivity contribution is 1.26. The van der Waals surface area contributed by atoms with Crippen LogP contribution in [0.3, 0.4) is 0 Å². The van der Waals surface area contributed by atoms with Crippen LogP contribution < -0.4 is 9.80 Å². The molecule has 56 heavy (non-hydrogen) atoms. The number of pyridine rings is 1. The van der Waals surface area contributed by atoms with Gasteiger partial charge in [-0.25, -0.2) is 0 Å². The SMILES string of the molecule is C.C.CC.CC.CC.CC.CC.c1ccc(N(c2ccccc2)c2ccc(N(c3ccccc3)c3ccccc3)cc2)cc1.c1ccccc1.c1ccncc1. The van der Waals surface area contributed by atoms with Crippen LogP contribution in [0.15, 0.2) is 213 Å². The first kappa shape index (κ1) is 54.4. The van der Waals surface area contributed by atoms with E-state index in [4.69, 9.17) is 0 Å². The Morgan fingerprint density at radius 1 is 0.232 bits per heavy atom. The molecule has 0 aliphatic carbocycles. The summed E-state index contributed by atoms with van der Waals surface area (Å²) in [6, 6.07) is 68.4. The van der Waals surface area contributed by atoms with Gasteiger partial charge >= 0.3 is 0 Å². The zero-order valence-electron chi connectivity index (χ0n) is 34.5. The number of hydrogen-bond donors (Lipinski definition) is 0. The van der Waals surface area contributed by atoms with Crippen LogP contribution in [0, 0.1) is 0 Å². The molecule has 0 spiro atoms. The second-order valence-electron chi connectivity index (χ2n) is 9.71. The molecular formula is C53H73N3. The minimum Gasteiger partial charge on any atom is -0.311 e. The van der Waals surface area contributed by atoms with Crippen molar-refractivity contribution in [1.29, 1.82) is 0 Å². The maximum atomic E-state index is 3.78. The van der Waals surface area contributed by atoms with E-state index >= 15 is 0 Å². The van der Waals surface area contributed by atoms with E-state index in [-0.39, 0.29) is 14.9 Å². The van der Waals surface area contributed by atoms with Crippen molar-refractivity contribution in [3.05, 3.63) is 213 Å². The summed E-state index contributed by atoms with van der Waals surface area (Å²) in [5.74, 6) is 0. The Balaban J connectivity index is -0.000000971. The van der Waals surface area contributed by atoms with E-state index in [1.54, 1.807) is 12.4 Å². The highest BCUT2D eigenvalue weighted by atomic mass is 15.2. The van der Waals surface area contributed by atoms with Gasteiger partial charge in [0.2, 0.25) is 0 Å². The molecule has 0 unspecified atom stereocenters. The second-order valence-corrected chi connectivity index (χ2v) is 9.71. The molecule has 3 heteroatoms. The Bertz CT molecular complexity index is 1450. The molecule has 0 saturated carbocycles. The lowest BCUT2D eigenvalue weighted by atomic mass is 10.1. The largest absolute Gasteiger partial charge is 0.311 e. The molecule has 3 nitrogen and oxygen atoms in total. The third-order valence-corrected chi connectivity index (χ3v) is 6.66. The molecule has 1 aromatic heterocycles. The zero-order chi connectivity index (χ0) is 40.1. The first-order valence-electron chi connectivity index (χ1n) is 19.7. The quantitative estimate of drug-likeness (QED) is 0.169. The first-order chi connectivity index (χ1) is 26.9. The summed E-state index contributed by atoms with van der Waals surface area (Å²) in [5.41, 5.74) is 6.77. The van der Waals surface area contributed by atoms with Crippen molar-refractivity contribution in [1.82, 2.24) is 4.98 Å². The summed E-state index contributed by atoms with van der Waals surface area (Å²) in [7, 11) is 0. The van der Waals surface area contributed by atoms with E-state index in [0.29, 0.717) is 0 Å². The van der Waals surface area contributed by atoms with Crippen LogP contribution >= 0.6 is 0 Å². The summed E-state index contributed by atoms with van der Waals surface area (Å²) in [4.78, 5) is 8.34. The fourth-order valence-electron chi connectivity index (χ4n) is 4.65. The Morgan fingerprint density at radius 3 is 0.554 bits per heavy atom. The van der Waals surface area contributed by atoms with Crippen LogP contribution in [0.5, 0.6) is 0 Å².